The zero-order chi connectivity index (χ0) is 26.5. The zero-order valence-corrected chi connectivity index (χ0v) is 23.8. The van der Waals surface area contributed by atoms with Crippen LogP contribution in [0, 0.1) is 29.6 Å². The van der Waals surface area contributed by atoms with Crippen molar-refractivity contribution in [3.05, 3.63) is 12.7 Å². The van der Waals surface area contributed by atoms with Crippen LogP contribution in [0.3, 0.4) is 0 Å². The molecule has 0 aromatic rings. The third-order valence-corrected chi connectivity index (χ3v) is 9.55. The topological polar surface area (TPSA) is 61.8 Å². The Labute approximate surface area is 226 Å². The Morgan fingerprint density at radius 1 is 0.811 bits per heavy atom. The fourth-order valence-electron chi connectivity index (χ4n) is 6.90. The van der Waals surface area contributed by atoms with Gasteiger partial charge in [-0.1, -0.05) is 39.7 Å². The second-order valence-corrected chi connectivity index (χ2v) is 12.3. The highest BCUT2D eigenvalue weighted by Crippen LogP contribution is 2.42. The van der Waals surface area contributed by atoms with Gasteiger partial charge in [-0.2, -0.15) is 0 Å². The van der Waals surface area contributed by atoms with Crippen molar-refractivity contribution in [1.29, 1.82) is 0 Å². The molecule has 0 spiro atoms. The Morgan fingerprint density at radius 2 is 1.41 bits per heavy atom. The Balaban J connectivity index is 1.22. The van der Waals surface area contributed by atoms with Crippen LogP contribution in [0.25, 0.3) is 0 Å². The molecule has 3 aliphatic rings. The van der Waals surface area contributed by atoms with Crippen LogP contribution in [0.5, 0.6) is 0 Å². The first-order valence-corrected chi connectivity index (χ1v) is 15.6. The monoisotopic (exact) mass is 518 g/mol. The molecule has 3 fully saturated rings. The number of rotatable bonds is 14. The third-order valence-electron chi connectivity index (χ3n) is 9.55. The van der Waals surface area contributed by atoms with E-state index in [1.165, 1.54) is 57.4 Å². The summed E-state index contributed by atoms with van der Waals surface area (Å²) in [6.07, 6.45) is 21.1. The molecule has 5 nitrogen and oxygen atoms in total. The molecule has 5 heteroatoms. The number of ether oxygens (including phenoxy) is 3. The quantitative estimate of drug-likeness (QED) is 0.133. The Bertz CT molecular complexity index is 667. The molecule has 1 unspecified atom stereocenters. The van der Waals surface area contributed by atoms with E-state index in [-0.39, 0.29) is 30.1 Å². The number of hydrogen-bond donors (Lipinski definition) is 0. The Morgan fingerprint density at radius 3 is 2.03 bits per heavy atom. The fraction of sp³-hybridized carbons (Fsp3) is 0.875. The molecule has 0 aliphatic heterocycles. The largest absolute Gasteiger partial charge is 0.463 e. The number of carbonyl (C=O) groups excluding carboxylic acids is 2. The lowest BCUT2D eigenvalue weighted by atomic mass is 9.69. The number of unbranched alkanes of at least 4 members (excludes halogenated alkanes) is 2. The van der Waals surface area contributed by atoms with E-state index in [0.717, 1.165) is 88.1 Å². The summed E-state index contributed by atoms with van der Waals surface area (Å²) in [5.74, 6) is 3.35. The summed E-state index contributed by atoms with van der Waals surface area (Å²) in [5, 5.41) is 0. The van der Waals surface area contributed by atoms with E-state index in [0.29, 0.717) is 6.61 Å². The lowest BCUT2D eigenvalue weighted by molar-refractivity contribution is -0.158. The molecule has 0 saturated heterocycles. The Kier molecular flexibility index (Phi) is 13.5. The first kappa shape index (κ1) is 30.2. The van der Waals surface area contributed by atoms with Gasteiger partial charge in [-0.15, -0.1) is 0 Å². The molecular formula is C32H54O5. The van der Waals surface area contributed by atoms with Gasteiger partial charge in [0.1, 0.15) is 6.10 Å². The van der Waals surface area contributed by atoms with Gasteiger partial charge in [0.2, 0.25) is 0 Å². The van der Waals surface area contributed by atoms with Crippen LogP contribution in [0.4, 0.5) is 0 Å². The van der Waals surface area contributed by atoms with Gasteiger partial charge in [0.25, 0.3) is 0 Å². The summed E-state index contributed by atoms with van der Waals surface area (Å²) in [6.45, 7) is 9.30. The molecule has 0 amide bonds. The van der Waals surface area contributed by atoms with Gasteiger partial charge < -0.3 is 14.2 Å². The fourth-order valence-corrected chi connectivity index (χ4v) is 6.90. The predicted octanol–water partition coefficient (Wildman–Crippen LogP) is 7.81. The van der Waals surface area contributed by atoms with Gasteiger partial charge in [0.15, 0.2) is 0 Å². The lowest BCUT2D eigenvalue weighted by Crippen LogP contribution is -2.33. The van der Waals surface area contributed by atoms with E-state index < -0.39 is 0 Å². The minimum Gasteiger partial charge on any atom is -0.463 e. The van der Waals surface area contributed by atoms with Gasteiger partial charge >= 0.3 is 11.9 Å². The summed E-state index contributed by atoms with van der Waals surface area (Å²) in [7, 11) is 0. The van der Waals surface area contributed by atoms with Crippen LogP contribution >= 0.6 is 0 Å². The van der Waals surface area contributed by atoms with Crippen LogP contribution in [-0.2, 0) is 23.8 Å². The zero-order valence-electron chi connectivity index (χ0n) is 23.8. The summed E-state index contributed by atoms with van der Waals surface area (Å²) < 4.78 is 17.0. The van der Waals surface area contributed by atoms with Crippen LogP contribution in [0.1, 0.15) is 123 Å². The van der Waals surface area contributed by atoms with Crippen molar-refractivity contribution in [3.63, 3.8) is 0 Å². The first-order valence-electron chi connectivity index (χ1n) is 15.6. The smallest absolute Gasteiger partial charge is 0.330 e. The molecule has 0 N–H and O–H groups in total. The van der Waals surface area contributed by atoms with E-state index in [2.05, 4.69) is 20.4 Å². The maximum absolute atomic E-state index is 12.8. The Hall–Kier alpha value is -1.36. The normalized spacial score (nSPS) is 31.3. The van der Waals surface area contributed by atoms with Gasteiger partial charge in [-0.25, -0.2) is 4.79 Å². The maximum atomic E-state index is 12.8. The van der Waals surface area contributed by atoms with Crippen molar-refractivity contribution >= 4 is 11.9 Å². The minimum atomic E-state index is -0.357. The van der Waals surface area contributed by atoms with Crippen molar-refractivity contribution in [3.8, 4) is 0 Å². The molecule has 1 atom stereocenters. The van der Waals surface area contributed by atoms with Crippen LogP contribution in [0.2, 0.25) is 0 Å². The molecule has 3 aliphatic carbocycles. The summed E-state index contributed by atoms with van der Waals surface area (Å²) in [5.41, 5.74) is 0. The molecule has 0 aromatic carbocycles. The van der Waals surface area contributed by atoms with Crippen LogP contribution < -0.4 is 0 Å². The average molecular weight is 519 g/mol. The van der Waals surface area contributed by atoms with Crippen LogP contribution in [-0.4, -0.2) is 37.4 Å². The second kappa shape index (κ2) is 16.6. The van der Waals surface area contributed by atoms with Gasteiger partial charge in [0, 0.05) is 12.7 Å². The lowest BCUT2D eigenvalue weighted by Gasteiger charge is -2.38. The number of esters is 2. The van der Waals surface area contributed by atoms with E-state index in [9.17, 15) is 9.59 Å². The first-order chi connectivity index (χ1) is 18.0. The predicted molar refractivity (Wildman–Crippen MR) is 148 cm³/mol. The van der Waals surface area contributed by atoms with Crippen molar-refractivity contribution in [2.45, 2.75) is 135 Å². The molecule has 0 heterocycles. The average Bonchev–Trinajstić information content (AvgIpc) is 2.93. The van der Waals surface area contributed by atoms with E-state index >= 15 is 0 Å². The van der Waals surface area contributed by atoms with Gasteiger partial charge in [-0.05, 0) is 114 Å². The van der Waals surface area contributed by atoms with Crippen LogP contribution in [0.15, 0.2) is 12.7 Å². The van der Waals surface area contributed by atoms with Crippen molar-refractivity contribution < 1.29 is 23.8 Å². The van der Waals surface area contributed by atoms with E-state index in [4.69, 9.17) is 14.2 Å². The molecule has 212 valence electrons. The van der Waals surface area contributed by atoms with Gasteiger partial charge in [0.05, 0.1) is 18.6 Å². The standard InChI is InChI=1S/C32H54O5/c1-4-24(3)23-25-9-11-26(12-10-25)27-13-19-30(20-14-27)37-32(34)28-15-17-29(18-16-28)35-21-7-6-8-22-36-31(33)5-2/h5,24-30H,2,4,6-23H2,1,3H3. The summed E-state index contributed by atoms with van der Waals surface area (Å²) >= 11 is 0. The SMILES string of the molecule is C=CC(=O)OCCCCCOC1CCC(C(=O)OC2CCC(C3CCC(CC(C)CC)CC3)CC2)CC1. The van der Waals surface area contributed by atoms with Crippen molar-refractivity contribution in [2.75, 3.05) is 13.2 Å². The highest BCUT2D eigenvalue weighted by Gasteiger charge is 2.34. The summed E-state index contributed by atoms with van der Waals surface area (Å²) in [6, 6.07) is 0. The molecular weight excluding hydrogens is 464 g/mol. The summed E-state index contributed by atoms with van der Waals surface area (Å²) in [4.78, 5) is 23.8. The molecule has 37 heavy (non-hydrogen) atoms. The third kappa shape index (κ3) is 10.7. The molecule has 3 rings (SSSR count). The second-order valence-electron chi connectivity index (χ2n) is 12.3. The van der Waals surface area contributed by atoms with Crippen molar-refractivity contribution in [2.24, 2.45) is 29.6 Å². The molecule has 0 bridgehead atoms. The maximum Gasteiger partial charge on any atom is 0.330 e. The molecule has 0 radical (unpaired) electrons. The minimum absolute atomic E-state index is 0.0431. The molecule has 0 aromatic heterocycles. The van der Waals surface area contributed by atoms with Crippen molar-refractivity contribution in [1.82, 2.24) is 0 Å². The highest BCUT2D eigenvalue weighted by molar-refractivity contribution is 5.81. The highest BCUT2D eigenvalue weighted by atomic mass is 16.5. The van der Waals surface area contributed by atoms with Gasteiger partial charge in [-0.3, -0.25) is 4.79 Å². The van der Waals surface area contributed by atoms with E-state index in [1.54, 1.807) is 0 Å². The number of carbonyl (C=O) groups is 2. The van der Waals surface area contributed by atoms with E-state index in [1.807, 2.05) is 0 Å². The number of hydrogen-bond acceptors (Lipinski definition) is 5. The molecule has 3 saturated carbocycles.